The number of halogens is 1. The molecule has 1 fully saturated rings. The Labute approximate surface area is 114 Å². The second kappa shape index (κ2) is 7.17. The van der Waals surface area contributed by atoms with Crippen LogP contribution in [0.5, 0.6) is 0 Å². The Hall–Kier alpha value is -0.350. The number of rotatable bonds is 3. The number of thioether (sulfide) groups is 1. The van der Waals surface area contributed by atoms with Gasteiger partial charge in [0.05, 0.1) is 6.54 Å². The summed E-state index contributed by atoms with van der Waals surface area (Å²) in [5, 5.41) is 4.52. The third kappa shape index (κ3) is 4.80. The van der Waals surface area contributed by atoms with Gasteiger partial charge in [0.1, 0.15) is 0 Å². The van der Waals surface area contributed by atoms with Crippen molar-refractivity contribution in [1.82, 2.24) is 10.2 Å². The van der Waals surface area contributed by atoms with Crippen LogP contribution in [-0.4, -0.2) is 48.5 Å². The summed E-state index contributed by atoms with van der Waals surface area (Å²) in [5.74, 6) is 2.78. The van der Waals surface area contributed by atoms with E-state index in [1.54, 1.807) is 0 Å². The largest absolute Gasteiger partial charge is 0.351 e. The Bertz CT molecular complexity index is 291. The zero-order valence-corrected chi connectivity index (χ0v) is 12.4. The number of nitrogens with zero attached hydrogens (tertiary/aromatic N) is 2. The minimum atomic E-state index is 0.574. The van der Waals surface area contributed by atoms with E-state index >= 15 is 0 Å². The highest BCUT2D eigenvalue weighted by Crippen LogP contribution is 2.24. The van der Waals surface area contributed by atoms with Crippen LogP contribution in [0.15, 0.2) is 16.6 Å². The second-order valence-electron chi connectivity index (χ2n) is 4.52. The lowest BCUT2D eigenvalue weighted by atomic mass is 10.1. The zero-order valence-electron chi connectivity index (χ0n) is 10.9. The molecule has 1 N–H and O–H groups in total. The first kappa shape index (κ1) is 14.7. The molecule has 98 valence electrons. The predicted octanol–water partition coefficient (Wildman–Crippen LogP) is 2.39. The average Bonchev–Trinajstić information content (AvgIpc) is 2.30. The SMILES string of the molecule is C=C(Cl)CNC(=NC)N1CCSC(C(C)C)C1. The van der Waals surface area contributed by atoms with E-state index in [9.17, 15) is 0 Å². The number of nitrogens with one attached hydrogen (secondary N) is 1. The number of hydrogen-bond acceptors (Lipinski definition) is 2. The summed E-state index contributed by atoms with van der Waals surface area (Å²) in [6, 6.07) is 0. The Morgan fingerprint density at radius 2 is 2.35 bits per heavy atom. The van der Waals surface area contributed by atoms with E-state index in [-0.39, 0.29) is 0 Å². The lowest BCUT2D eigenvalue weighted by molar-refractivity contribution is 0.382. The van der Waals surface area contributed by atoms with Crippen molar-refractivity contribution >= 4 is 29.3 Å². The first-order valence-electron chi connectivity index (χ1n) is 5.95. The van der Waals surface area contributed by atoms with Crippen molar-refractivity contribution in [2.75, 3.05) is 32.4 Å². The molecule has 0 aliphatic carbocycles. The molecule has 1 aliphatic heterocycles. The maximum absolute atomic E-state index is 5.76. The first-order valence-corrected chi connectivity index (χ1v) is 7.37. The van der Waals surface area contributed by atoms with Gasteiger partial charge in [-0.3, -0.25) is 4.99 Å². The van der Waals surface area contributed by atoms with Crippen LogP contribution in [0.2, 0.25) is 0 Å². The minimum Gasteiger partial charge on any atom is -0.351 e. The molecule has 0 bridgehead atoms. The topological polar surface area (TPSA) is 27.6 Å². The molecule has 1 unspecified atom stereocenters. The van der Waals surface area contributed by atoms with Gasteiger partial charge < -0.3 is 10.2 Å². The quantitative estimate of drug-likeness (QED) is 0.633. The van der Waals surface area contributed by atoms with Crippen molar-refractivity contribution in [2.24, 2.45) is 10.9 Å². The number of guanidine groups is 1. The van der Waals surface area contributed by atoms with Crippen LogP contribution in [0, 0.1) is 5.92 Å². The van der Waals surface area contributed by atoms with Crippen molar-refractivity contribution in [3.63, 3.8) is 0 Å². The highest BCUT2D eigenvalue weighted by Gasteiger charge is 2.24. The summed E-state index contributed by atoms with van der Waals surface area (Å²) in [4.78, 5) is 6.61. The fraction of sp³-hybridized carbons (Fsp3) is 0.750. The third-order valence-corrected chi connectivity index (χ3v) is 4.46. The molecule has 3 nitrogen and oxygen atoms in total. The van der Waals surface area contributed by atoms with E-state index in [2.05, 4.69) is 47.4 Å². The Balaban J connectivity index is 2.54. The van der Waals surface area contributed by atoms with Crippen LogP contribution in [0.4, 0.5) is 0 Å². The summed E-state index contributed by atoms with van der Waals surface area (Å²) in [5.41, 5.74) is 0. The molecular formula is C12H22ClN3S. The molecular weight excluding hydrogens is 254 g/mol. The van der Waals surface area contributed by atoms with Crippen LogP contribution < -0.4 is 5.32 Å². The lowest BCUT2D eigenvalue weighted by Crippen LogP contribution is -2.49. The Kier molecular flexibility index (Phi) is 6.20. The predicted molar refractivity (Wildman–Crippen MR) is 79.0 cm³/mol. The van der Waals surface area contributed by atoms with Crippen LogP contribution >= 0.6 is 23.4 Å². The summed E-state index contributed by atoms with van der Waals surface area (Å²) >= 11 is 7.82. The lowest BCUT2D eigenvalue weighted by Gasteiger charge is -2.36. The van der Waals surface area contributed by atoms with Crippen molar-refractivity contribution < 1.29 is 0 Å². The fourth-order valence-electron chi connectivity index (χ4n) is 1.78. The van der Waals surface area contributed by atoms with Crippen LogP contribution in [0.1, 0.15) is 13.8 Å². The van der Waals surface area contributed by atoms with Crippen molar-refractivity contribution in [3.05, 3.63) is 11.6 Å². The molecule has 0 radical (unpaired) electrons. The molecule has 0 aromatic heterocycles. The standard InChI is InChI=1S/C12H22ClN3S/c1-9(2)11-8-16(5-6-17-11)12(14-4)15-7-10(3)13/h9,11H,3,5-8H2,1-2,4H3,(H,14,15). The summed E-state index contributed by atoms with van der Waals surface area (Å²) in [6.45, 7) is 10.9. The van der Waals surface area contributed by atoms with E-state index in [1.165, 1.54) is 0 Å². The minimum absolute atomic E-state index is 0.574. The first-order chi connectivity index (χ1) is 8.04. The van der Waals surface area contributed by atoms with Gasteiger partial charge in [-0.15, -0.1) is 0 Å². The van der Waals surface area contributed by atoms with Crippen LogP contribution in [-0.2, 0) is 0 Å². The van der Waals surface area contributed by atoms with Crippen molar-refractivity contribution in [3.8, 4) is 0 Å². The summed E-state index contributed by atoms with van der Waals surface area (Å²) < 4.78 is 0. The second-order valence-corrected chi connectivity index (χ2v) is 6.40. The smallest absolute Gasteiger partial charge is 0.194 e. The van der Waals surface area contributed by atoms with Gasteiger partial charge in [0.2, 0.25) is 0 Å². The van der Waals surface area contributed by atoms with E-state index in [0.29, 0.717) is 22.7 Å². The molecule has 0 amide bonds. The van der Waals surface area contributed by atoms with Gasteiger partial charge in [-0.05, 0) is 5.92 Å². The molecule has 0 saturated carbocycles. The molecule has 0 aromatic rings. The van der Waals surface area contributed by atoms with E-state index in [1.807, 2.05) is 7.05 Å². The molecule has 1 heterocycles. The monoisotopic (exact) mass is 275 g/mol. The summed E-state index contributed by atoms with van der Waals surface area (Å²) in [6.07, 6.45) is 0. The highest BCUT2D eigenvalue weighted by atomic mass is 35.5. The van der Waals surface area contributed by atoms with E-state index < -0.39 is 0 Å². The maximum atomic E-state index is 5.76. The summed E-state index contributed by atoms with van der Waals surface area (Å²) in [7, 11) is 1.81. The van der Waals surface area contributed by atoms with Crippen molar-refractivity contribution in [2.45, 2.75) is 19.1 Å². The maximum Gasteiger partial charge on any atom is 0.194 e. The van der Waals surface area contributed by atoms with Crippen molar-refractivity contribution in [1.29, 1.82) is 0 Å². The van der Waals surface area contributed by atoms with Gasteiger partial charge in [-0.1, -0.05) is 32.0 Å². The fourth-order valence-corrected chi connectivity index (χ4v) is 3.14. The number of hydrogen-bond donors (Lipinski definition) is 1. The van der Waals surface area contributed by atoms with Crippen LogP contribution in [0.25, 0.3) is 0 Å². The molecule has 1 saturated heterocycles. The van der Waals surface area contributed by atoms with Gasteiger partial charge in [0, 0.05) is 36.2 Å². The Morgan fingerprint density at radius 3 is 2.88 bits per heavy atom. The molecule has 1 atom stereocenters. The highest BCUT2D eigenvalue weighted by molar-refractivity contribution is 8.00. The molecule has 17 heavy (non-hydrogen) atoms. The van der Waals surface area contributed by atoms with Gasteiger partial charge >= 0.3 is 0 Å². The number of aliphatic imine (C=N–C) groups is 1. The van der Waals surface area contributed by atoms with Gasteiger partial charge in [0.15, 0.2) is 5.96 Å². The molecule has 0 aromatic carbocycles. The molecule has 1 rings (SSSR count). The molecule has 1 aliphatic rings. The molecule has 5 heteroatoms. The van der Waals surface area contributed by atoms with Gasteiger partial charge in [0.25, 0.3) is 0 Å². The van der Waals surface area contributed by atoms with E-state index in [0.717, 1.165) is 24.8 Å². The Morgan fingerprint density at radius 1 is 1.65 bits per heavy atom. The molecule has 0 spiro atoms. The van der Waals surface area contributed by atoms with Gasteiger partial charge in [-0.25, -0.2) is 0 Å². The normalized spacial score (nSPS) is 21.8. The van der Waals surface area contributed by atoms with E-state index in [4.69, 9.17) is 11.6 Å². The zero-order chi connectivity index (χ0) is 12.8. The third-order valence-electron chi connectivity index (χ3n) is 2.79. The van der Waals surface area contributed by atoms with Gasteiger partial charge in [-0.2, -0.15) is 11.8 Å². The van der Waals surface area contributed by atoms with Crippen LogP contribution in [0.3, 0.4) is 0 Å². The average molecular weight is 276 g/mol.